The van der Waals surface area contributed by atoms with Crippen molar-refractivity contribution in [1.29, 1.82) is 0 Å². The maximum atomic E-state index is 12.1. The van der Waals surface area contributed by atoms with Gasteiger partial charge in [-0.05, 0) is 49.1 Å². The Morgan fingerprint density at radius 1 is 1.19 bits per heavy atom. The van der Waals surface area contributed by atoms with Gasteiger partial charge in [-0.25, -0.2) is 4.98 Å². The van der Waals surface area contributed by atoms with E-state index in [0.29, 0.717) is 34.5 Å². The molecule has 136 valence electrons. The molecule has 3 aromatic rings. The number of aromatic nitrogens is 2. The van der Waals surface area contributed by atoms with Crippen molar-refractivity contribution < 1.29 is 9.21 Å². The van der Waals surface area contributed by atoms with E-state index in [1.54, 1.807) is 0 Å². The minimum Gasteiger partial charge on any atom is -0.430 e. The first kappa shape index (κ1) is 18.5. The fourth-order valence-corrected chi connectivity index (χ4v) is 3.30. The lowest BCUT2D eigenvalue weighted by Gasteiger charge is -2.10. The van der Waals surface area contributed by atoms with Crippen molar-refractivity contribution in [3.63, 3.8) is 0 Å². The number of rotatable bonds is 7. The third-order valence-corrected chi connectivity index (χ3v) is 5.13. The van der Waals surface area contributed by atoms with Crippen molar-refractivity contribution in [3.8, 4) is 0 Å². The van der Waals surface area contributed by atoms with Crippen LogP contribution < -0.4 is 5.32 Å². The van der Waals surface area contributed by atoms with E-state index < -0.39 is 0 Å². The highest BCUT2D eigenvalue weighted by atomic mass is 32.2. The Hall–Kier alpha value is -2.34. The van der Waals surface area contributed by atoms with Crippen LogP contribution in [0.1, 0.15) is 43.9 Å². The molecular formula is C20H23N3O2S. The third-order valence-electron chi connectivity index (χ3n) is 4.30. The molecule has 0 bridgehead atoms. The van der Waals surface area contributed by atoms with Crippen molar-refractivity contribution in [2.24, 2.45) is 0 Å². The zero-order valence-corrected chi connectivity index (χ0v) is 16.1. The van der Waals surface area contributed by atoms with Crippen LogP contribution in [0.5, 0.6) is 0 Å². The molecule has 1 atom stereocenters. The van der Waals surface area contributed by atoms with Crippen LogP contribution in [0.25, 0.3) is 11.2 Å². The van der Waals surface area contributed by atoms with Gasteiger partial charge in [0.05, 0.1) is 0 Å². The summed E-state index contributed by atoms with van der Waals surface area (Å²) in [5.41, 5.74) is 4.30. The fourth-order valence-electron chi connectivity index (χ4n) is 2.54. The summed E-state index contributed by atoms with van der Waals surface area (Å²) in [4.78, 5) is 20.8. The summed E-state index contributed by atoms with van der Waals surface area (Å²) in [5.74, 6) is 1.12. The molecule has 6 heteroatoms. The Labute approximate surface area is 157 Å². The zero-order valence-electron chi connectivity index (χ0n) is 15.3. The maximum absolute atomic E-state index is 12.1. The Morgan fingerprint density at radius 3 is 2.69 bits per heavy atom. The van der Waals surface area contributed by atoms with Gasteiger partial charge in [0, 0.05) is 23.6 Å². The maximum Gasteiger partial charge on any atom is 0.258 e. The molecule has 26 heavy (non-hydrogen) atoms. The van der Waals surface area contributed by atoms with Crippen molar-refractivity contribution in [3.05, 3.63) is 47.7 Å². The van der Waals surface area contributed by atoms with Gasteiger partial charge in [-0.2, -0.15) is 4.98 Å². The lowest BCUT2D eigenvalue weighted by molar-refractivity contribution is -0.115. The predicted octanol–water partition coefficient (Wildman–Crippen LogP) is 5.17. The van der Waals surface area contributed by atoms with Crippen molar-refractivity contribution in [1.82, 2.24) is 9.97 Å². The molecule has 0 spiro atoms. The van der Waals surface area contributed by atoms with Crippen molar-refractivity contribution in [2.45, 2.75) is 44.8 Å². The van der Waals surface area contributed by atoms with E-state index in [-0.39, 0.29) is 5.91 Å². The number of fused-ring (bicyclic) bond motifs is 1. The topological polar surface area (TPSA) is 68.0 Å². The van der Waals surface area contributed by atoms with Gasteiger partial charge in [0.15, 0.2) is 11.2 Å². The van der Waals surface area contributed by atoms with Crippen LogP contribution in [0.3, 0.4) is 0 Å². The smallest absolute Gasteiger partial charge is 0.258 e. The second-order valence-electron chi connectivity index (χ2n) is 6.33. The summed E-state index contributed by atoms with van der Waals surface area (Å²) in [6.45, 7) is 6.29. The second kappa shape index (κ2) is 8.36. The molecule has 1 aromatic carbocycles. The number of anilines is 1. The average molecular weight is 369 g/mol. The molecule has 2 aromatic heterocycles. The SMILES string of the molecule is CCC(C)c1ccc(NC(=O)CCSc2nc3nc(C)ccc3o2)cc1. The Kier molecular flexibility index (Phi) is 5.93. The van der Waals surface area contributed by atoms with Crippen molar-refractivity contribution in [2.75, 3.05) is 11.1 Å². The van der Waals surface area contributed by atoms with Crippen molar-refractivity contribution >= 4 is 34.6 Å². The number of carbonyl (C=O) groups is 1. The Bertz CT molecular complexity index is 890. The molecule has 1 N–H and O–H groups in total. The molecule has 2 heterocycles. The van der Waals surface area contributed by atoms with E-state index in [1.165, 1.54) is 17.3 Å². The largest absolute Gasteiger partial charge is 0.430 e. The first-order valence-corrected chi connectivity index (χ1v) is 9.80. The number of thioether (sulfide) groups is 1. The van der Waals surface area contributed by atoms with E-state index in [2.05, 4.69) is 41.3 Å². The summed E-state index contributed by atoms with van der Waals surface area (Å²) >= 11 is 1.42. The summed E-state index contributed by atoms with van der Waals surface area (Å²) in [6, 6.07) is 11.8. The zero-order chi connectivity index (χ0) is 18.5. The van der Waals surface area contributed by atoms with Gasteiger partial charge in [0.1, 0.15) is 0 Å². The summed E-state index contributed by atoms with van der Waals surface area (Å²) < 4.78 is 5.63. The summed E-state index contributed by atoms with van der Waals surface area (Å²) in [7, 11) is 0. The molecular weight excluding hydrogens is 346 g/mol. The second-order valence-corrected chi connectivity index (χ2v) is 7.38. The highest BCUT2D eigenvalue weighted by Gasteiger charge is 2.10. The van der Waals surface area contributed by atoms with Crippen LogP contribution in [0.4, 0.5) is 5.69 Å². The minimum absolute atomic E-state index is 0.0149. The summed E-state index contributed by atoms with van der Waals surface area (Å²) in [6.07, 6.45) is 1.50. The Morgan fingerprint density at radius 2 is 1.96 bits per heavy atom. The Balaban J connectivity index is 1.49. The number of nitrogens with zero attached hydrogens (tertiary/aromatic N) is 2. The fraction of sp³-hybridized carbons (Fsp3) is 0.350. The van der Waals surface area contributed by atoms with E-state index in [1.807, 2.05) is 31.2 Å². The van der Waals surface area contributed by atoms with Gasteiger partial charge in [-0.1, -0.05) is 37.7 Å². The third kappa shape index (κ3) is 4.64. The first-order valence-electron chi connectivity index (χ1n) is 8.82. The van der Waals surface area contributed by atoms with Gasteiger partial charge in [-0.15, -0.1) is 0 Å². The van der Waals surface area contributed by atoms with Crippen LogP contribution in [-0.2, 0) is 4.79 Å². The number of hydrogen-bond acceptors (Lipinski definition) is 5. The molecule has 1 amide bonds. The van der Waals surface area contributed by atoms with Gasteiger partial charge in [0.25, 0.3) is 5.22 Å². The van der Waals surface area contributed by atoms with Crippen LogP contribution in [-0.4, -0.2) is 21.6 Å². The van der Waals surface area contributed by atoms with Gasteiger partial charge < -0.3 is 9.73 Å². The lowest BCUT2D eigenvalue weighted by atomic mass is 9.99. The monoisotopic (exact) mass is 369 g/mol. The number of benzene rings is 1. The highest BCUT2D eigenvalue weighted by Crippen LogP contribution is 2.24. The average Bonchev–Trinajstić information content (AvgIpc) is 3.03. The molecule has 5 nitrogen and oxygen atoms in total. The molecule has 1 unspecified atom stereocenters. The first-order chi connectivity index (χ1) is 12.5. The van der Waals surface area contributed by atoms with Crippen LogP contribution in [0, 0.1) is 6.92 Å². The number of carbonyl (C=O) groups excluding carboxylic acids is 1. The minimum atomic E-state index is -0.0149. The van der Waals surface area contributed by atoms with E-state index >= 15 is 0 Å². The molecule has 0 aliphatic carbocycles. The lowest BCUT2D eigenvalue weighted by Crippen LogP contribution is -2.12. The van der Waals surface area contributed by atoms with Crippen LogP contribution in [0.15, 0.2) is 46.0 Å². The van der Waals surface area contributed by atoms with Gasteiger partial charge in [-0.3, -0.25) is 4.79 Å². The molecule has 0 radical (unpaired) electrons. The molecule has 0 fully saturated rings. The molecule has 0 aliphatic heterocycles. The molecule has 0 saturated heterocycles. The number of nitrogens with one attached hydrogen (secondary N) is 1. The highest BCUT2D eigenvalue weighted by molar-refractivity contribution is 7.99. The molecule has 0 aliphatic rings. The molecule has 3 rings (SSSR count). The van der Waals surface area contributed by atoms with E-state index in [4.69, 9.17) is 4.42 Å². The van der Waals surface area contributed by atoms with Crippen LogP contribution in [0.2, 0.25) is 0 Å². The standard InChI is InChI=1S/C20H23N3O2S/c1-4-13(2)15-6-8-16(9-7-15)22-18(24)11-12-26-20-23-19-17(25-20)10-5-14(3)21-19/h5-10,13H,4,11-12H2,1-3H3,(H,22,24). The van der Waals surface area contributed by atoms with Gasteiger partial charge >= 0.3 is 0 Å². The number of pyridine rings is 1. The normalized spacial score (nSPS) is 12.3. The quantitative estimate of drug-likeness (QED) is 0.582. The van der Waals surface area contributed by atoms with E-state index in [0.717, 1.165) is 17.8 Å². The number of amides is 1. The number of hydrogen-bond donors (Lipinski definition) is 1. The molecule has 0 saturated carbocycles. The summed E-state index contributed by atoms with van der Waals surface area (Å²) in [5, 5.41) is 3.48. The van der Waals surface area contributed by atoms with E-state index in [9.17, 15) is 4.79 Å². The predicted molar refractivity (Wildman–Crippen MR) is 106 cm³/mol. The van der Waals surface area contributed by atoms with Crippen LogP contribution >= 0.6 is 11.8 Å². The number of oxazole rings is 1. The number of aryl methyl sites for hydroxylation is 1. The van der Waals surface area contributed by atoms with Gasteiger partial charge in [0.2, 0.25) is 5.91 Å².